The molecule has 0 fully saturated rings. The molecule has 286 valence electrons. The molecule has 0 saturated carbocycles. The fraction of sp³-hybridized carbons (Fsp3) is 0.279. The fourth-order valence-corrected chi connectivity index (χ4v) is 6.89. The van der Waals surface area contributed by atoms with Crippen LogP contribution in [-0.2, 0) is 43.2 Å². The lowest BCUT2D eigenvalue weighted by molar-refractivity contribution is -0.134. The second-order valence-electron chi connectivity index (χ2n) is 13.7. The van der Waals surface area contributed by atoms with Crippen LogP contribution in [0.1, 0.15) is 42.9 Å². The van der Waals surface area contributed by atoms with Gasteiger partial charge in [0.1, 0.15) is 24.2 Å². The highest BCUT2D eigenvalue weighted by Crippen LogP contribution is 2.19. The number of halogens is 1. The quantitative estimate of drug-likeness (QED) is 0.0567. The summed E-state index contributed by atoms with van der Waals surface area (Å²) in [6, 6.07) is 30.5. The first-order valence-electron chi connectivity index (χ1n) is 18.4. The number of hydrogen-bond acceptors (Lipinski definition) is 6. The van der Waals surface area contributed by atoms with Crippen molar-refractivity contribution in [3.63, 3.8) is 0 Å². The van der Waals surface area contributed by atoms with Gasteiger partial charge in [0.15, 0.2) is 0 Å². The molecule has 5 amide bonds. The number of nitrogens with two attached hydrogens (primary N) is 2. The normalized spacial score (nSPS) is 13.3. The van der Waals surface area contributed by atoms with Crippen molar-refractivity contribution in [2.24, 2.45) is 11.5 Å². The molecule has 5 aromatic carbocycles. The van der Waals surface area contributed by atoms with E-state index in [0.717, 1.165) is 41.8 Å². The largest absolute Gasteiger partial charge is 0.368 e. The molecule has 5 rings (SSSR count). The average molecular weight is 855 g/mol. The number of fused-ring (bicyclic) bond motifs is 2. The molecule has 5 aromatic rings. The van der Waals surface area contributed by atoms with E-state index in [9.17, 15) is 24.0 Å². The van der Waals surface area contributed by atoms with Crippen LogP contribution in [0.25, 0.3) is 21.5 Å². The summed E-state index contributed by atoms with van der Waals surface area (Å²) < 4.78 is 1.02. The predicted molar refractivity (Wildman–Crippen MR) is 224 cm³/mol. The number of carbonyl (C=O) groups is 5. The summed E-state index contributed by atoms with van der Waals surface area (Å²) in [7, 11) is 0. The highest BCUT2D eigenvalue weighted by atomic mass is 127. The van der Waals surface area contributed by atoms with E-state index < -0.39 is 53.7 Å². The Morgan fingerprint density at radius 2 is 0.964 bits per heavy atom. The molecule has 0 spiro atoms. The third-order valence-electron chi connectivity index (χ3n) is 9.43. The van der Waals surface area contributed by atoms with Gasteiger partial charge in [0.25, 0.3) is 0 Å². The molecule has 0 heterocycles. The molecule has 0 aliphatic carbocycles. The minimum atomic E-state index is -1.15. The summed E-state index contributed by atoms with van der Waals surface area (Å²) in [5.74, 6) is -2.86. The summed E-state index contributed by atoms with van der Waals surface area (Å²) in [4.78, 5) is 67.1. The standard InChI is InChI=1S/C43H47IN6O5/c1-27(51)47-37(24-28-15-19-35(44)20-16-28)41(53)49-39(26-30-14-18-32-9-3-5-11-34(32)23-30)43(55)50-38(42(54)48-36(40(46)52)12-6-7-21-45)25-29-13-17-31-8-2-4-10-33(31)22-29/h2-5,8-11,13-20,22-23,36-39H,6-7,12,21,24-26,45H2,1H3,(H2,46,52)(H,47,51)(H,48,54)(H,49,53)(H,50,55)/t36-,37-,38+,39-/m1/s1. The number of benzene rings is 5. The second kappa shape index (κ2) is 19.8. The summed E-state index contributed by atoms with van der Waals surface area (Å²) in [6.45, 7) is 1.76. The van der Waals surface area contributed by atoms with Crippen LogP contribution in [-0.4, -0.2) is 60.2 Å². The van der Waals surface area contributed by atoms with Gasteiger partial charge in [0.05, 0.1) is 0 Å². The third-order valence-corrected chi connectivity index (χ3v) is 10.1. The Morgan fingerprint density at radius 1 is 0.545 bits per heavy atom. The Morgan fingerprint density at radius 3 is 1.42 bits per heavy atom. The Kier molecular flexibility index (Phi) is 14.7. The van der Waals surface area contributed by atoms with Gasteiger partial charge in [-0.2, -0.15) is 0 Å². The molecule has 8 N–H and O–H groups in total. The number of unbranched alkanes of at least 4 members (excludes halogenated alkanes) is 1. The Hall–Kier alpha value is -5.34. The average Bonchev–Trinajstić information content (AvgIpc) is 3.17. The summed E-state index contributed by atoms with van der Waals surface area (Å²) >= 11 is 2.19. The molecule has 11 nitrogen and oxygen atoms in total. The highest BCUT2D eigenvalue weighted by Gasteiger charge is 2.31. The molecule has 0 radical (unpaired) electrons. The Labute approximate surface area is 334 Å². The maximum atomic E-state index is 14.4. The van der Waals surface area contributed by atoms with Crippen molar-refractivity contribution < 1.29 is 24.0 Å². The van der Waals surface area contributed by atoms with Gasteiger partial charge in [-0.25, -0.2) is 0 Å². The molecule has 4 atom stereocenters. The van der Waals surface area contributed by atoms with Crippen LogP contribution < -0.4 is 32.7 Å². The van der Waals surface area contributed by atoms with Gasteiger partial charge in [-0.1, -0.05) is 97.1 Å². The molecule has 12 heteroatoms. The molecule has 0 aliphatic rings. The number of nitrogens with one attached hydrogen (secondary N) is 4. The van der Waals surface area contributed by atoms with E-state index in [2.05, 4.69) is 43.9 Å². The van der Waals surface area contributed by atoms with Crippen molar-refractivity contribution in [3.8, 4) is 0 Å². The van der Waals surface area contributed by atoms with E-state index in [1.807, 2.05) is 109 Å². The number of rotatable bonds is 18. The zero-order valence-electron chi connectivity index (χ0n) is 30.7. The maximum Gasteiger partial charge on any atom is 0.243 e. The number of carbonyl (C=O) groups excluding carboxylic acids is 5. The Balaban J connectivity index is 1.45. The first-order chi connectivity index (χ1) is 26.5. The molecule has 0 bridgehead atoms. The van der Waals surface area contributed by atoms with Gasteiger partial charge in [-0.05, 0) is 98.8 Å². The van der Waals surface area contributed by atoms with E-state index in [1.54, 1.807) is 0 Å². The first-order valence-corrected chi connectivity index (χ1v) is 19.4. The van der Waals surface area contributed by atoms with Crippen LogP contribution in [0.15, 0.2) is 109 Å². The predicted octanol–water partition coefficient (Wildman–Crippen LogP) is 4.20. The van der Waals surface area contributed by atoms with Crippen molar-refractivity contribution in [1.82, 2.24) is 21.3 Å². The molecule has 0 aliphatic heterocycles. The van der Waals surface area contributed by atoms with E-state index >= 15 is 0 Å². The molecular formula is C43H47IN6O5. The van der Waals surface area contributed by atoms with Gasteiger partial charge in [-0.3, -0.25) is 24.0 Å². The highest BCUT2D eigenvalue weighted by molar-refractivity contribution is 14.1. The van der Waals surface area contributed by atoms with Gasteiger partial charge in [-0.15, -0.1) is 0 Å². The summed E-state index contributed by atoms with van der Waals surface area (Å²) in [5, 5.41) is 15.2. The third kappa shape index (κ3) is 12.1. The molecule has 0 aromatic heterocycles. The minimum absolute atomic E-state index is 0.0893. The maximum absolute atomic E-state index is 14.4. The van der Waals surface area contributed by atoms with E-state index in [1.165, 1.54) is 6.92 Å². The number of hydrogen-bond donors (Lipinski definition) is 6. The molecule has 0 unspecified atom stereocenters. The lowest BCUT2D eigenvalue weighted by Crippen LogP contribution is -2.59. The number of amides is 5. The molecular weight excluding hydrogens is 807 g/mol. The van der Waals surface area contributed by atoms with Crippen molar-refractivity contribution in [3.05, 3.63) is 129 Å². The van der Waals surface area contributed by atoms with Crippen LogP contribution in [0.2, 0.25) is 0 Å². The van der Waals surface area contributed by atoms with Crippen LogP contribution in [0.3, 0.4) is 0 Å². The van der Waals surface area contributed by atoms with Crippen molar-refractivity contribution in [2.45, 2.75) is 69.6 Å². The zero-order chi connectivity index (χ0) is 39.3. The van der Waals surface area contributed by atoms with Crippen molar-refractivity contribution >= 4 is 73.7 Å². The SMILES string of the molecule is CC(=O)N[C@H](Cc1ccc(I)cc1)C(=O)N[C@H](Cc1ccc2ccccc2c1)C(=O)N[C@@H](Cc1ccc2ccccc2c1)C(=O)N[C@H](CCCCN)C(N)=O. The smallest absolute Gasteiger partial charge is 0.243 e. The molecule has 55 heavy (non-hydrogen) atoms. The Bertz CT molecular complexity index is 2140. The monoisotopic (exact) mass is 854 g/mol. The summed E-state index contributed by atoms with van der Waals surface area (Å²) in [5.41, 5.74) is 13.7. The van der Waals surface area contributed by atoms with Crippen LogP contribution in [0.5, 0.6) is 0 Å². The van der Waals surface area contributed by atoms with Crippen LogP contribution >= 0.6 is 22.6 Å². The van der Waals surface area contributed by atoms with Gasteiger partial charge in [0, 0.05) is 29.8 Å². The van der Waals surface area contributed by atoms with E-state index in [0.29, 0.717) is 25.8 Å². The van der Waals surface area contributed by atoms with Gasteiger partial charge in [0.2, 0.25) is 29.5 Å². The summed E-state index contributed by atoms with van der Waals surface area (Å²) in [6.07, 6.45) is 1.89. The van der Waals surface area contributed by atoms with Crippen molar-refractivity contribution in [1.29, 1.82) is 0 Å². The second-order valence-corrected chi connectivity index (χ2v) is 15.0. The lowest BCUT2D eigenvalue weighted by atomic mass is 9.98. The van der Waals surface area contributed by atoms with Crippen LogP contribution in [0, 0.1) is 3.57 Å². The van der Waals surface area contributed by atoms with E-state index in [-0.39, 0.29) is 19.3 Å². The van der Waals surface area contributed by atoms with E-state index in [4.69, 9.17) is 11.5 Å². The number of primary amides is 1. The van der Waals surface area contributed by atoms with Gasteiger partial charge < -0.3 is 32.7 Å². The fourth-order valence-electron chi connectivity index (χ4n) is 6.53. The van der Waals surface area contributed by atoms with Crippen LogP contribution in [0.4, 0.5) is 0 Å². The van der Waals surface area contributed by atoms with Crippen molar-refractivity contribution in [2.75, 3.05) is 6.54 Å². The molecule has 0 saturated heterocycles. The lowest BCUT2D eigenvalue weighted by Gasteiger charge is -2.26. The van der Waals surface area contributed by atoms with Gasteiger partial charge >= 0.3 is 0 Å². The first kappa shape index (κ1) is 40.8. The minimum Gasteiger partial charge on any atom is -0.368 e. The topological polar surface area (TPSA) is 186 Å². The zero-order valence-corrected chi connectivity index (χ0v) is 32.9.